The van der Waals surface area contributed by atoms with Crippen molar-refractivity contribution in [2.45, 2.75) is 13.0 Å². The highest BCUT2D eigenvalue weighted by molar-refractivity contribution is 6.18. The van der Waals surface area contributed by atoms with Crippen molar-refractivity contribution in [3.8, 4) is 11.5 Å². The lowest BCUT2D eigenvalue weighted by atomic mass is 10.3. The molecule has 1 atom stereocenters. The van der Waals surface area contributed by atoms with Crippen molar-refractivity contribution in [3.63, 3.8) is 0 Å². The molecule has 0 spiro atoms. The van der Waals surface area contributed by atoms with Crippen molar-refractivity contribution in [2.24, 2.45) is 0 Å². The van der Waals surface area contributed by atoms with E-state index < -0.39 is 6.10 Å². The number of rotatable bonds is 6. The largest absolute Gasteiger partial charge is 0.494 e. The molecule has 1 unspecified atom stereocenters. The van der Waals surface area contributed by atoms with E-state index in [1.54, 1.807) is 12.1 Å². The number of aliphatic hydroxyl groups is 1. The van der Waals surface area contributed by atoms with E-state index in [0.717, 1.165) is 5.75 Å². The molecule has 1 rings (SSSR count). The van der Waals surface area contributed by atoms with Gasteiger partial charge in [-0.3, -0.25) is 0 Å². The normalized spacial score (nSPS) is 12.2. The quantitative estimate of drug-likeness (QED) is 0.761. The van der Waals surface area contributed by atoms with E-state index in [0.29, 0.717) is 12.4 Å². The lowest BCUT2D eigenvalue weighted by Crippen LogP contribution is -2.18. The third-order valence-corrected chi connectivity index (χ3v) is 2.11. The lowest BCUT2D eigenvalue weighted by molar-refractivity contribution is 0.125. The van der Waals surface area contributed by atoms with E-state index >= 15 is 0 Å². The second kappa shape index (κ2) is 6.53. The highest BCUT2D eigenvalue weighted by Gasteiger charge is 2.02. The van der Waals surface area contributed by atoms with Gasteiger partial charge in [-0.25, -0.2) is 0 Å². The first kappa shape index (κ1) is 12.1. The molecule has 1 N–H and O–H groups in total. The summed E-state index contributed by atoms with van der Waals surface area (Å²) in [6.07, 6.45) is -0.627. The first-order chi connectivity index (χ1) is 7.26. The van der Waals surface area contributed by atoms with Gasteiger partial charge in [-0.2, -0.15) is 0 Å². The summed E-state index contributed by atoms with van der Waals surface area (Å²) in [4.78, 5) is 0. The Balaban J connectivity index is 2.42. The molecular formula is C11H15ClO3. The number of benzene rings is 1. The Morgan fingerprint density at radius 2 is 1.73 bits per heavy atom. The van der Waals surface area contributed by atoms with Crippen LogP contribution in [0.4, 0.5) is 0 Å². The Bertz CT molecular complexity index is 274. The van der Waals surface area contributed by atoms with Gasteiger partial charge in [0.1, 0.15) is 24.2 Å². The molecule has 0 aliphatic carbocycles. The van der Waals surface area contributed by atoms with Crippen molar-refractivity contribution in [1.82, 2.24) is 0 Å². The first-order valence-electron chi connectivity index (χ1n) is 4.86. The number of halogens is 1. The fourth-order valence-corrected chi connectivity index (χ4v) is 1.12. The van der Waals surface area contributed by atoms with Gasteiger partial charge in [0.25, 0.3) is 0 Å². The minimum Gasteiger partial charge on any atom is -0.494 e. The Kier molecular flexibility index (Phi) is 5.29. The van der Waals surface area contributed by atoms with Crippen LogP contribution in [0.3, 0.4) is 0 Å². The van der Waals surface area contributed by atoms with Gasteiger partial charge in [0.2, 0.25) is 0 Å². The summed E-state index contributed by atoms with van der Waals surface area (Å²) in [6, 6.07) is 7.25. The van der Waals surface area contributed by atoms with Gasteiger partial charge in [-0.05, 0) is 31.2 Å². The van der Waals surface area contributed by atoms with E-state index in [2.05, 4.69) is 0 Å². The summed E-state index contributed by atoms with van der Waals surface area (Å²) < 4.78 is 10.6. The van der Waals surface area contributed by atoms with Crippen LogP contribution in [0.5, 0.6) is 11.5 Å². The molecule has 0 heterocycles. The molecule has 15 heavy (non-hydrogen) atoms. The zero-order valence-electron chi connectivity index (χ0n) is 8.65. The topological polar surface area (TPSA) is 38.7 Å². The summed E-state index contributed by atoms with van der Waals surface area (Å²) >= 11 is 5.43. The fourth-order valence-electron chi connectivity index (χ4n) is 1.04. The van der Waals surface area contributed by atoms with Gasteiger partial charge >= 0.3 is 0 Å². The number of alkyl halides is 1. The van der Waals surface area contributed by atoms with E-state index in [1.165, 1.54) is 0 Å². The van der Waals surface area contributed by atoms with Crippen molar-refractivity contribution < 1.29 is 14.6 Å². The zero-order valence-corrected chi connectivity index (χ0v) is 9.41. The highest BCUT2D eigenvalue weighted by atomic mass is 35.5. The van der Waals surface area contributed by atoms with Crippen molar-refractivity contribution >= 4 is 11.6 Å². The minimum absolute atomic E-state index is 0.178. The fraction of sp³-hybridized carbons (Fsp3) is 0.455. The number of aliphatic hydroxyl groups excluding tert-OH is 1. The Morgan fingerprint density at radius 3 is 2.20 bits per heavy atom. The summed E-state index contributed by atoms with van der Waals surface area (Å²) in [5, 5.41) is 9.18. The molecule has 0 saturated heterocycles. The maximum absolute atomic E-state index is 9.18. The van der Waals surface area contributed by atoms with Gasteiger partial charge in [0, 0.05) is 0 Å². The third kappa shape index (κ3) is 4.40. The molecule has 0 fully saturated rings. The molecule has 0 saturated carbocycles. The van der Waals surface area contributed by atoms with Gasteiger partial charge in [0.15, 0.2) is 0 Å². The van der Waals surface area contributed by atoms with Crippen LogP contribution in [-0.2, 0) is 0 Å². The van der Waals surface area contributed by atoms with E-state index in [4.69, 9.17) is 21.1 Å². The van der Waals surface area contributed by atoms with E-state index in [1.807, 2.05) is 19.1 Å². The van der Waals surface area contributed by atoms with E-state index in [9.17, 15) is 5.11 Å². The summed E-state index contributed by atoms with van der Waals surface area (Å²) in [7, 11) is 0. The average molecular weight is 231 g/mol. The second-order valence-electron chi connectivity index (χ2n) is 3.02. The number of ether oxygens (including phenoxy) is 2. The SMILES string of the molecule is CCOc1ccc(OCC(O)CCl)cc1. The monoisotopic (exact) mass is 230 g/mol. The summed E-state index contributed by atoms with van der Waals surface area (Å²) in [5.41, 5.74) is 0. The smallest absolute Gasteiger partial charge is 0.119 e. The average Bonchev–Trinajstić information content (AvgIpc) is 2.28. The van der Waals surface area contributed by atoms with Crippen molar-refractivity contribution in [1.29, 1.82) is 0 Å². The number of hydrogen-bond acceptors (Lipinski definition) is 3. The zero-order chi connectivity index (χ0) is 11.1. The molecule has 0 amide bonds. The Morgan fingerprint density at radius 1 is 1.20 bits per heavy atom. The van der Waals surface area contributed by atoms with E-state index in [-0.39, 0.29) is 12.5 Å². The van der Waals surface area contributed by atoms with Crippen LogP contribution < -0.4 is 9.47 Å². The maximum Gasteiger partial charge on any atom is 0.119 e. The van der Waals surface area contributed by atoms with Crippen LogP contribution in [0.25, 0.3) is 0 Å². The van der Waals surface area contributed by atoms with Gasteiger partial charge in [0.05, 0.1) is 12.5 Å². The molecule has 0 aromatic heterocycles. The maximum atomic E-state index is 9.18. The Hall–Kier alpha value is -0.930. The molecule has 1 aromatic carbocycles. The number of hydrogen-bond donors (Lipinski definition) is 1. The Labute approximate surface area is 94.6 Å². The van der Waals surface area contributed by atoms with Gasteiger partial charge < -0.3 is 14.6 Å². The van der Waals surface area contributed by atoms with Crippen LogP contribution >= 0.6 is 11.6 Å². The lowest BCUT2D eigenvalue weighted by Gasteiger charge is -2.10. The summed E-state index contributed by atoms with van der Waals surface area (Å²) in [5.74, 6) is 1.68. The van der Waals surface area contributed by atoms with Crippen LogP contribution in [0.2, 0.25) is 0 Å². The van der Waals surface area contributed by atoms with Crippen LogP contribution in [0.1, 0.15) is 6.92 Å². The van der Waals surface area contributed by atoms with Crippen molar-refractivity contribution in [2.75, 3.05) is 19.1 Å². The first-order valence-corrected chi connectivity index (χ1v) is 5.39. The van der Waals surface area contributed by atoms with Gasteiger partial charge in [-0.1, -0.05) is 0 Å². The molecule has 0 bridgehead atoms. The molecule has 1 aromatic rings. The molecule has 84 valence electrons. The molecule has 0 radical (unpaired) electrons. The third-order valence-electron chi connectivity index (χ3n) is 1.76. The predicted molar refractivity (Wildman–Crippen MR) is 59.8 cm³/mol. The van der Waals surface area contributed by atoms with Crippen molar-refractivity contribution in [3.05, 3.63) is 24.3 Å². The molecule has 3 nitrogen and oxygen atoms in total. The molecule has 0 aliphatic heterocycles. The standard InChI is InChI=1S/C11H15ClO3/c1-2-14-10-3-5-11(6-4-10)15-8-9(13)7-12/h3-6,9,13H,2,7-8H2,1H3. The van der Waals surface area contributed by atoms with Gasteiger partial charge in [-0.15, -0.1) is 11.6 Å². The van der Waals surface area contributed by atoms with Crippen LogP contribution in [-0.4, -0.2) is 30.3 Å². The highest BCUT2D eigenvalue weighted by Crippen LogP contribution is 2.17. The molecule has 4 heteroatoms. The predicted octanol–water partition coefficient (Wildman–Crippen LogP) is 2.06. The molecular weight excluding hydrogens is 216 g/mol. The van der Waals surface area contributed by atoms with Crippen LogP contribution in [0.15, 0.2) is 24.3 Å². The second-order valence-corrected chi connectivity index (χ2v) is 3.33. The van der Waals surface area contributed by atoms with Crippen LogP contribution in [0, 0.1) is 0 Å². The molecule has 0 aliphatic rings. The summed E-state index contributed by atoms with van der Waals surface area (Å²) in [6.45, 7) is 2.78. The minimum atomic E-state index is -0.627.